The maximum atomic E-state index is 13.3. The first-order valence-corrected chi connectivity index (χ1v) is 8.25. The van der Waals surface area contributed by atoms with Gasteiger partial charge in [-0.15, -0.1) is 0 Å². The number of aryl methyl sites for hydroxylation is 1. The summed E-state index contributed by atoms with van der Waals surface area (Å²) in [7, 11) is 0. The molecule has 0 radical (unpaired) electrons. The zero-order chi connectivity index (χ0) is 17.4. The zero-order valence-electron chi connectivity index (χ0n) is 13.8. The van der Waals surface area contributed by atoms with Crippen LogP contribution in [0.3, 0.4) is 0 Å². The molecule has 128 valence electrons. The number of benzene rings is 1. The Balaban J connectivity index is 1.60. The SMILES string of the molecule is Cc1cc(F)ccc1-n1ccc(C(=O)N2CCCC2c2cn[nH]c2)n1. The molecule has 1 aliphatic heterocycles. The van der Waals surface area contributed by atoms with Crippen molar-refractivity contribution >= 4 is 5.91 Å². The van der Waals surface area contributed by atoms with E-state index in [0.717, 1.165) is 29.7 Å². The molecule has 1 saturated heterocycles. The van der Waals surface area contributed by atoms with Gasteiger partial charge >= 0.3 is 0 Å². The summed E-state index contributed by atoms with van der Waals surface area (Å²) in [6, 6.07) is 6.24. The zero-order valence-corrected chi connectivity index (χ0v) is 13.8. The third kappa shape index (κ3) is 2.82. The fourth-order valence-corrected chi connectivity index (χ4v) is 3.39. The fraction of sp³-hybridized carbons (Fsp3) is 0.278. The van der Waals surface area contributed by atoms with Crippen molar-refractivity contribution in [3.63, 3.8) is 0 Å². The highest BCUT2D eigenvalue weighted by Crippen LogP contribution is 2.32. The lowest BCUT2D eigenvalue weighted by atomic mass is 10.1. The van der Waals surface area contributed by atoms with Gasteiger partial charge in [0.15, 0.2) is 5.69 Å². The largest absolute Gasteiger partial charge is 0.330 e. The molecule has 1 fully saturated rings. The standard InChI is InChI=1S/C18H18FN5O/c1-12-9-14(19)4-5-16(12)24-8-6-15(22-24)18(25)23-7-2-3-17(23)13-10-20-21-11-13/h4-6,8-11,17H,2-3,7H2,1H3,(H,20,21). The molecule has 0 spiro atoms. The molecule has 2 aromatic heterocycles. The van der Waals surface area contributed by atoms with Gasteiger partial charge in [0, 0.05) is 24.5 Å². The van der Waals surface area contributed by atoms with E-state index in [-0.39, 0.29) is 17.8 Å². The summed E-state index contributed by atoms with van der Waals surface area (Å²) in [5.41, 5.74) is 2.92. The molecule has 1 amide bonds. The molecule has 1 N–H and O–H groups in total. The normalized spacial score (nSPS) is 17.2. The van der Waals surface area contributed by atoms with Crippen LogP contribution in [0.25, 0.3) is 5.69 Å². The summed E-state index contributed by atoms with van der Waals surface area (Å²) >= 11 is 0. The van der Waals surface area contributed by atoms with Crippen LogP contribution in [0.1, 0.15) is 40.5 Å². The van der Waals surface area contributed by atoms with Crippen LogP contribution in [0.2, 0.25) is 0 Å². The first kappa shape index (κ1) is 15.6. The molecule has 3 heterocycles. The van der Waals surface area contributed by atoms with Gasteiger partial charge in [0.25, 0.3) is 5.91 Å². The minimum absolute atomic E-state index is 0.0314. The molecule has 7 heteroatoms. The first-order valence-electron chi connectivity index (χ1n) is 8.25. The molecular weight excluding hydrogens is 321 g/mol. The van der Waals surface area contributed by atoms with E-state index in [4.69, 9.17) is 0 Å². The molecule has 0 aliphatic carbocycles. The summed E-state index contributed by atoms with van der Waals surface area (Å²) in [6.45, 7) is 2.52. The van der Waals surface area contributed by atoms with Crippen molar-refractivity contribution in [2.24, 2.45) is 0 Å². The number of aromatic amines is 1. The van der Waals surface area contributed by atoms with Crippen LogP contribution in [0.4, 0.5) is 4.39 Å². The number of aromatic nitrogens is 4. The second-order valence-corrected chi connectivity index (χ2v) is 6.26. The van der Waals surface area contributed by atoms with Crippen LogP contribution in [0.15, 0.2) is 42.9 Å². The van der Waals surface area contributed by atoms with Gasteiger partial charge in [-0.3, -0.25) is 9.89 Å². The van der Waals surface area contributed by atoms with E-state index in [0.29, 0.717) is 12.2 Å². The Morgan fingerprint density at radius 3 is 3.00 bits per heavy atom. The number of carbonyl (C=O) groups excluding carboxylic acids is 1. The number of hydrogen-bond acceptors (Lipinski definition) is 3. The lowest BCUT2D eigenvalue weighted by Crippen LogP contribution is -2.30. The van der Waals surface area contributed by atoms with Gasteiger partial charge in [-0.05, 0) is 49.6 Å². The van der Waals surface area contributed by atoms with Crippen molar-refractivity contribution in [1.82, 2.24) is 24.9 Å². The summed E-state index contributed by atoms with van der Waals surface area (Å²) in [5.74, 6) is -0.382. The van der Waals surface area contributed by atoms with Crippen LogP contribution in [-0.2, 0) is 0 Å². The van der Waals surface area contributed by atoms with Gasteiger partial charge in [-0.1, -0.05) is 0 Å². The molecule has 4 rings (SSSR count). The van der Waals surface area contributed by atoms with Gasteiger partial charge in [-0.2, -0.15) is 10.2 Å². The van der Waals surface area contributed by atoms with Gasteiger partial charge in [-0.25, -0.2) is 9.07 Å². The van der Waals surface area contributed by atoms with Gasteiger partial charge < -0.3 is 4.90 Å². The average Bonchev–Trinajstić information content (AvgIpc) is 3.34. The van der Waals surface area contributed by atoms with E-state index in [1.807, 2.05) is 18.0 Å². The average molecular weight is 339 g/mol. The highest BCUT2D eigenvalue weighted by Gasteiger charge is 2.32. The number of hydrogen-bond donors (Lipinski definition) is 1. The predicted molar refractivity (Wildman–Crippen MR) is 89.9 cm³/mol. The van der Waals surface area contributed by atoms with Crippen LogP contribution >= 0.6 is 0 Å². The number of likely N-dealkylation sites (tertiary alicyclic amines) is 1. The molecular formula is C18H18FN5O. The Bertz CT molecular complexity index is 902. The van der Waals surface area contributed by atoms with E-state index in [1.165, 1.54) is 12.1 Å². The Morgan fingerprint density at radius 1 is 1.36 bits per heavy atom. The maximum absolute atomic E-state index is 13.3. The minimum atomic E-state index is -0.287. The van der Waals surface area contributed by atoms with Crippen molar-refractivity contribution in [2.75, 3.05) is 6.54 Å². The topological polar surface area (TPSA) is 66.8 Å². The number of H-pyrrole nitrogens is 1. The van der Waals surface area contributed by atoms with E-state index in [1.54, 1.807) is 29.2 Å². The van der Waals surface area contributed by atoms with Gasteiger partial charge in [0.1, 0.15) is 5.82 Å². The number of rotatable bonds is 3. The smallest absolute Gasteiger partial charge is 0.274 e. The molecule has 0 bridgehead atoms. The van der Waals surface area contributed by atoms with Crippen LogP contribution in [0, 0.1) is 12.7 Å². The third-order valence-electron chi connectivity index (χ3n) is 4.63. The third-order valence-corrected chi connectivity index (χ3v) is 4.63. The highest BCUT2D eigenvalue weighted by molar-refractivity contribution is 5.92. The number of nitrogens with zero attached hydrogens (tertiary/aromatic N) is 4. The lowest BCUT2D eigenvalue weighted by molar-refractivity contribution is 0.0729. The molecule has 0 saturated carbocycles. The maximum Gasteiger partial charge on any atom is 0.274 e. The summed E-state index contributed by atoms with van der Waals surface area (Å²) < 4.78 is 14.9. The van der Waals surface area contributed by atoms with Crippen LogP contribution < -0.4 is 0 Å². The van der Waals surface area contributed by atoms with Crippen LogP contribution in [-0.4, -0.2) is 37.3 Å². The Kier molecular flexibility index (Phi) is 3.83. The Labute approximate surface area is 144 Å². The van der Waals surface area contributed by atoms with Crippen molar-refractivity contribution in [3.8, 4) is 5.69 Å². The molecule has 1 atom stereocenters. The number of halogens is 1. The molecule has 25 heavy (non-hydrogen) atoms. The molecule has 6 nitrogen and oxygen atoms in total. The first-order chi connectivity index (χ1) is 12.1. The molecule has 3 aromatic rings. The van der Waals surface area contributed by atoms with Crippen molar-refractivity contribution in [2.45, 2.75) is 25.8 Å². The monoisotopic (exact) mass is 339 g/mol. The van der Waals surface area contributed by atoms with E-state index >= 15 is 0 Å². The molecule has 1 aliphatic rings. The summed E-state index contributed by atoms with van der Waals surface area (Å²) in [5, 5.41) is 11.2. The van der Waals surface area contributed by atoms with E-state index in [9.17, 15) is 9.18 Å². The Hall–Kier alpha value is -2.96. The van der Waals surface area contributed by atoms with Gasteiger partial charge in [0.05, 0.1) is 17.9 Å². The van der Waals surface area contributed by atoms with Crippen molar-refractivity contribution in [1.29, 1.82) is 0 Å². The fourth-order valence-electron chi connectivity index (χ4n) is 3.39. The minimum Gasteiger partial charge on any atom is -0.330 e. The van der Waals surface area contributed by atoms with E-state index in [2.05, 4.69) is 15.3 Å². The Morgan fingerprint density at radius 2 is 2.24 bits per heavy atom. The second-order valence-electron chi connectivity index (χ2n) is 6.26. The van der Waals surface area contributed by atoms with E-state index < -0.39 is 0 Å². The summed E-state index contributed by atoms with van der Waals surface area (Å²) in [4.78, 5) is 14.7. The van der Waals surface area contributed by atoms with Crippen LogP contribution in [0.5, 0.6) is 0 Å². The van der Waals surface area contributed by atoms with Gasteiger partial charge in [0.2, 0.25) is 0 Å². The molecule has 1 unspecified atom stereocenters. The summed E-state index contributed by atoms with van der Waals surface area (Å²) in [6.07, 6.45) is 7.20. The second kappa shape index (κ2) is 6.16. The predicted octanol–water partition coefficient (Wildman–Crippen LogP) is 3.02. The van der Waals surface area contributed by atoms with Crippen molar-refractivity contribution < 1.29 is 9.18 Å². The number of nitrogens with one attached hydrogen (secondary N) is 1. The number of carbonyl (C=O) groups is 1. The number of amides is 1. The van der Waals surface area contributed by atoms with Crippen molar-refractivity contribution in [3.05, 3.63) is 65.5 Å². The quantitative estimate of drug-likeness (QED) is 0.798. The highest BCUT2D eigenvalue weighted by atomic mass is 19.1. The molecule has 1 aromatic carbocycles. The lowest BCUT2D eigenvalue weighted by Gasteiger charge is -2.22.